The Hall–Kier alpha value is -1.20. The highest BCUT2D eigenvalue weighted by atomic mass is 19.1. The van der Waals surface area contributed by atoms with Gasteiger partial charge in [0.25, 0.3) is 0 Å². The first-order valence-electron chi connectivity index (χ1n) is 6.01. The lowest BCUT2D eigenvalue weighted by Crippen LogP contribution is -2.34. The Kier molecular flexibility index (Phi) is 4.14. The summed E-state index contributed by atoms with van der Waals surface area (Å²) in [6, 6.07) is 3.61. The number of ether oxygens (including phenoxy) is 1. The van der Waals surface area contributed by atoms with Crippen molar-refractivity contribution in [1.29, 1.82) is 0 Å². The monoisotopic (exact) mass is 256 g/mol. The maximum atomic E-state index is 13.2. The zero-order valence-corrected chi connectivity index (χ0v) is 10.7. The van der Waals surface area contributed by atoms with Crippen molar-refractivity contribution in [3.63, 3.8) is 0 Å². The molecule has 3 nitrogen and oxygen atoms in total. The number of hydrogen-bond donors (Lipinski definition) is 0. The molecule has 1 saturated heterocycles. The number of hydrogen-bond acceptors (Lipinski definition) is 3. The van der Waals surface area contributed by atoms with E-state index in [2.05, 4.69) is 4.90 Å². The van der Waals surface area contributed by atoms with Crippen molar-refractivity contribution in [3.05, 3.63) is 29.8 Å². The van der Waals surface area contributed by atoms with E-state index in [4.69, 9.17) is 4.74 Å². The Balaban J connectivity index is 2.20. The number of likely N-dealkylation sites (N-methyl/N-ethyl adjacent to an activating group) is 1. The summed E-state index contributed by atoms with van der Waals surface area (Å²) >= 11 is 0. The van der Waals surface area contributed by atoms with Gasteiger partial charge in [-0.3, -0.25) is 0 Å². The molecule has 0 radical (unpaired) electrons. The second-order valence-corrected chi connectivity index (χ2v) is 4.69. The maximum Gasteiger partial charge on any atom is 0.128 e. The van der Waals surface area contributed by atoms with Crippen LogP contribution in [0.4, 0.5) is 14.5 Å². The standard InChI is InChI=1S/C13H18F2N2O/c1-16-3-4-17(9-13(8-16)18-2)12-6-10(14)5-11(15)7-12/h5-7,13H,3-4,8-9H2,1-2H3. The lowest BCUT2D eigenvalue weighted by molar-refractivity contribution is 0.0868. The molecule has 0 aliphatic carbocycles. The van der Waals surface area contributed by atoms with E-state index in [0.29, 0.717) is 12.2 Å². The molecule has 100 valence electrons. The highest BCUT2D eigenvalue weighted by Crippen LogP contribution is 2.20. The van der Waals surface area contributed by atoms with Crippen LogP contribution in [0.15, 0.2) is 18.2 Å². The minimum absolute atomic E-state index is 0.0452. The summed E-state index contributed by atoms with van der Waals surface area (Å²) in [5, 5.41) is 0. The van der Waals surface area contributed by atoms with Crippen molar-refractivity contribution in [2.75, 3.05) is 45.2 Å². The average Bonchev–Trinajstić information content (AvgIpc) is 2.49. The molecular formula is C13H18F2N2O. The highest BCUT2D eigenvalue weighted by molar-refractivity contribution is 5.47. The molecule has 0 aromatic heterocycles. The summed E-state index contributed by atoms with van der Waals surface area (Å²) < 4.78 is 31.8. The molecule has 2 rings (SSSR count). The van der Waals surface area contributed by atoms with Gasteiger partial charge >= 0.3 is 0 Å². The van der Waals surface area contributed by atoms with Gasteiger partial charge in [0.2, 0.25) is 0 Å². The van der Waals surface area contributed by atoms with E-state index in [1.165, 1.54) is 12.1 Å². The molecule has 1 fully saturated rings. The molecular weight excluding hydrogens is 238 g/mol. The van der Waals surface area contributed by atoms with Crippen LogP contribution in [0.1, 0.15) is 0 Å². The zero-order chi connectivity index (χ0) is 13.1. The van der Waals surface area contributed by atoms with Crippen molar-refractivity contribution in [1.82, 2.24) is 4.90 Å². The smallest absolute Gasteiger partial charge is 0.128 e. The summed E-state index contributed by atoms with van der Waals surface area (Å²) in [6.07, 6.45) is 0.0452. The van der Waals surface area contributed by atoms with Crippen LogP contribution in [0.25, 0.3) is 0 Å². The minimum Gasteiger partial charge on any atom is -0.378 e. The molecule has 1 aromatic rings. The van der Waals surface area contributed by atoms with Crippen molar-refractivity contribution in [3.8, 4) is 0 Å². The number of rotatable bonds is 2. The molecule has 0 amide bonds. The van der Waals surface area contributed by atoms with E-state index in [9.17, 15) is 8.78 Å². The summed E-state index contributed by atoms with van der Waals surface area (Å²) in [7, 11) is 3.68. The normalized spacial score (nSPS) is 22.0. The third kappa shape index (κ3) is 3.17. The van der Waals surface area contributed by atoms with Crippen molar-refractivity contribution in [2.45, 2.75) is 6.10 Å². The van der Waals surface area contributed by atoms with E-state index in [-0.39, 0.29) is 6.10 Å². The van der Waals surface area contributed by atoms with Crippen molar-refractivity contribution < 1.29 is 13.5 Å². The van der Waals surface area contributed by atoms with Crippen LogP contribution in [-0.2, 0) is 4.74 Å². The fourth-order valence-electron chi connectivity index (χ4n) is 2.23. The van der Waals surface area contributed by atoms with Crippen LogP contribution in [0, 0.1) is 11.6 Å². The van der Waals surface area contributed by atoms with Crippen LogP contribution in [0.3, 0.4) is 0 Å². The number of halogens is 2. The van der Waals surface area contributed by atoms with Gasteiger partial charge < -0.3 is 14.5 Å². The topological polar surface area (TPSA) is 15.7 Å². The predicted octanol–water partition coefficient (Wildman–Crippen LogP) is 1.73. The molecule has 1 aromatic carbocycles. The van der Waals surface area contributed by atoms with Crippen LogP contribution >= 0.6 is 0 Å². The summed E-state index contributed by atoms with van der Waals surface area (Å²) in [5.74, 6) is -1.09. The van der Waals surface area contributed by atoms with Crippen molar-refractivity contribution in [2.24, 2.45) is 0 Å². The second-order valence-electron chi connectivity index (χ2n) is 4.69. The Morgan fingerprint density at radius 1 is 1.11 bits per heavy atom. The Morgan fingerprint density at radius 3 is 2.39 bits per heavy atom. The van der Waals surface area contributed by atoms with Gasteiger partial charge in [0.15, 0.2) is 0 Å². The average molecular weight is 256 g/mol. The molecule has 5 heteroatoms. The van der Waals surface area contributed by atoms with Gasteiger partial charge in [0, 0.05) is 45.0 Å². The third-order valence-corrected chi connectivity index (χ3v) is 3.24. The molecule has 1 aliphatic heterocycles. The number of methoxy groups -OCH3 is 1. The first-order valence-corrected chi connectivity index (χ1v) is 6.01. The van der Waals surface area contributed by atoms with Crippen LogP contribution in [0.2, 0.25) is 0 Å². The zero-order valence-electron chi connectivity index (χ0n) is 10.7. The molecule has 0 N–H and O–H groups in total. The lowest BCUT2D eigenvalue weighted by atomic mass is 10.2. The van der Waals surface area contributed by atoms with Gasteiger partial charge in [-0.05, 0) is 19.2 Å². The molecule has 0 bridgehead atoms. The van der Waals surface area contributed by atoms with Crippen LogP contribution in [0.5, 0.6) is 0 Å². The molecule has 1 heterocycles. The van der Waals surface area contributed by atoms with Gasteiger partial charge in [-0.15, -0.1) is 0 Å². The molecule has 1 unspecified atom stereocenters. The Bertz CT molecular complexity index is 394. The van der Waals surface area contributed by atoms with Gasteiger partial charge in [-0.1, -0.05) is 0 Å². The lowest BCUT2D eigenvalue weighted by Gasteiger charge is -2.25. The molecule has 0 saturated carbocycles. The number of anilines is 1. The highest BCUT2D eigenvalue weighted by Gasteiger charge is 2.21. The number of benzene rings is 1. The van der Waals surface area contributed by atoms with E-state index in [1.54, 1.807) is 7.11 Å². The predicted molar refractivity (Wildman–Crippen MR) is 66.9 cm³/mol. The Labute approximate surface area is 106 Å². The summed E-state index contributed by atoms with van der Waals surface area (Å²) in [5.41, 5.74) is 0.574. The summed E-state index contributed by atoms with van der Waals surface area (Å²) in [4.78, 5) is 4.12. The van der Waals surface area contributed by atoms with E-state index in [0.717, 1.165) is 25.7 Å². The fraction of sp³-hybridized carbons (Fsp3) is 0.538. The quantitative estimate of drug-likeness (QED) is 0.801. The van der Waals surface area contributed by atoms with Gasteiger partial charge in [-0.25, -0.2) is 8.78 Å². The van der Waals surface area contributed by atoms with Crippen molar-refractivity contribution >= 4 is 5.69 Å². The first kappa shape index (κ1) is 13.2. The van der Waals surface area contributed by atoms with Gasteiger partial charge in [0.05, 0.1) is 6.10 Å². The first-order chi connectivity index (χ1) is 8.58. The molecule has 1 aliphatic rings. The van der Waals surface area contributed by atoms with Gasteiger partial charge in [-0.2, -0.15) is 0 Å². The maximum absolute atomic E-state index is 13.2. The van der Waals surface area contributed by atoms with Crippen LogP contribution in [-0.4, -0.2) is 51.3 Å². The van der Waals surface area contributed by atoms with E-state index >= 15 is 0 Å². The second kappa shape index (κ2) is 5.63. The van der Waals surface area contributed by atoms with Crippen LogP contribution < -0.4 is 4.90 Å². The minimum atomic E-state index is -0.545. The largest absolute Gasteiger partial charge is 0.378 e. The number of nitrogens with zero attached hydrogens (tertiary/aromatic N) is 2. The molecule has 18 heavy (non-hydrogen) atoms. The van der Waals surface area contributed by atoms with E-state index in [1.807, 2.05) is 11.9 Å². The fourth-order valence-corrected chi connectivity index (χ4v) is 2.23. The van der Waals surface area contributed by atoms with E-state index < -0.39 is 11.6 Å². The molecule has 0 spiro atoms. The SMILES string of the molecule is COC1CN(C)CCN(c2cc(F)cc(F)c2)C1. The Morgan fingerprint density at radius 2 is 1.78 bits per heavy atom. The van der Waals surface area contributed by atoms with Gasteiger partial charge in [0.1, 0.15) is 11.6 Å². The third-order valence-electron chi connectivity index (χ3n) is 3.24. The molecule has 1 atom stereocenters. The summed E-state index contributed by atoms with van der Waals surface area (Å²) in [6.45, 7) is 3.05.